The van der Waals surface area contributed by atoms with E-state index >= 15 is 0 Å². The van der Waals surface area contributed by atoms with Crippen molar-refractivity contribution in [3.8, 4) is 0 Å². The summed E-state index contributed by atoms with van der Waals surface area (Å²) < 4.78 is 0. The molecule has 0 heterocycles. The molecule has 0 bridgehead atoms. The maximum Gasteiger partial charge on any atom is 0.0584 e. The van der Waals surface area contributed by atoms with Gasteiger partial charge in [-0.2, -0.15) is 0 Å². The van der Waals surface area contributed by atoms with E-state index in [-0.39, 0.29) is 19.3 Å². The number of nitrogens with one attached hydrogen (secondary N) is 1. The smallest absolute Gasteiger partial charge is 0.0584 e. The fourth-order valence-electron chi connectivity index (χ4n) is 3.87. The second kappa shape index (κ2) is 25.7. The monoisotopic (exact) mass is 411 g/mol. The van der Waals surface area contributed by atoms with Gasteiger partial charge in [-0.15, -0.1) is 0 Å². The van der Waals surface area contributed by atoms with E-state index in [0.29, 0.717) is 6.54 Å². The zero-order chi connectivity index (χ0) is 21.3. The number of unbranched alkanes of at least 4 members (excludes halogenated alkanes) is 16. The molecule has 29 heavy (non-hydrogen) atoms. The average Bonchev–Trinajstić information content (AvgIpc) is 2.74. The molecule has 0 aliphatic rings. The van der Waals surface area contributed by atoms with Crippen molar-refractivity contribution in [3.05, 3.63) is 12.2 Å². The molecule has 0 saturated heterocycles. The van der Waals surface area contributed by atoms with E-state index in [2.05, 4.69) is 24.4 Å². The van der Waals surface area contributed by atoms with E-state index in [1.807, 2.05) is 0 Å². The van der Waals surface area contributed by atoms with Crippen LogP contribution in [-0.2, 0) is 0 Å². The molecule has 1 unspecified atom stereocenters. The Morgan fingerprint density at radius 3 is 1.52 bits per heavy atom. The number of hydrogen-bond acceptors (Lipinski definition) is 3. The van der Waals surface area contributed by atoms with Crippen molar-refractivity contribution in [1.29, 1.82) is 0 Å². The van der Waals surface area contributed by atoms with E-state index in [4.69, 9.17) is 5.11 Å². The van der Waals surface area contributed by atoms with Gasteiger partial charge in [-0.25, -0.2) is 0 Å². The molecule has 3 N–H and O–H groups in total. The van der Waals surface area contributed by atoms with Crippen molar-refractivity contribution in [2.45, 2.75) is 135 Å². The van der Waals surface area contributed by atoms with Crippen LogP contribution in [-0.4, -0.2) is 36.0 Å². The molecule has 0 spiro atoms. The Labute approximate surface area is 182 Å². The van der Waals surface area contributed by atoms with Crippen LogP contribution >= 0.6 is 0 Å². The SMILES string of the molecule is CCCCCCCC/C=C/CCCCCCCCCCCCC(CO)NCCO. The summed E-state index contributed by atoms with van der Waals surface area (Å²) in [6.45, 7) is 3.18. The van der Waals surface area contributed by atoms with Crippen molar-refractivity contribution < 1.29 is 10.2 Å². The van der Waals surface area contributed by atoms with Gasteiger partial charge in [0, 0.05) is 12.6 Å². The Hall–Kier alpha value is -0.380. The predicted molar refractivity (Wildman–Crippen MR) is 128 cm³/mol. The summed E-state index contributed by atoms with van der Waals surface area (Å²) in [7, 11) is 0. The minimum atomic E-state index is 0.145. The second-order valence-electron chi connectivity index (χ2n) is 8.70. The van der Waals surface area contributed by atoms with Gasteiger partial charge in [0.15, 0.2) is 0 Å². The molecular weight excluding hydrogens is 358 g/mol. The summed E-state index contributed by atoms with van der Waals surface area (Å²) >= 11 is 0. The third kappa shape index (κ3) is 23.8. The minimum Gasteiger partial charge on any atom is -0.395 e. The Bertz CT molecular complexity index is 320. The third-order valence-corrected chi connectivity index (χ3v) is 5.83. The topological polar surface area (TPSA) is 52.5 Å². The number of aliphatic hydroxyl groups excluding tert-OH is 2. The standard InChI is InChI=1S/C26H53NO2/c1-2-3-4-5-6-7-8-9-10-11-12-13-14-15-16-17-18-19-20-21-22-26(25-29)27-23-24-28/h9-10,26-29H,2-8,11-25H2,1H3/b10-9+. The molecule has 0 aliphatic carbocycles. The van der Waals surface area contributed by atoms with E-state index in [0.717, 1.165) is 6.42 Å². The van der Waals surface area contributed by atoms with Crippen molar-refractivity contribution in [1.82, 2.24) is 5.32 Å². The van der Waals surface area contributed by atoms with Crippen LogP contribution in [0, 0.1) is 0 Å². The lowest BCUT2D eigenvalue weighted by Gasteiger charge is -2.15. The van der Waals surface area contributed by atoms with Gasteiger partial charge in [0.25, 0.3) is 0 Å². The second-order valence-corrected chi connectivity index (χ2v) is 8.70. The fourth-order valence-corrected chi connectivity index (χ4v) is 3.87. The maximum absolute atomic E-state index is 9.26. The number of hydrogen-bond donors (Lipinski definition) is 3. The Balaban J connectivity index is 3.17. The van der Waals surface area contributed by atoms with Crippen LogP contribution in [0.4, 0.5) is 0 Å². The Morgan fingerprint density at radius 2 is 1.07 bits per heavy atom. The molecule has 0 rings (SSSR count). The molecule has 174 valence electrons. The van der Waals surface area contributed by atoms with Crippen LogP contribution in [0.2, 0.25) is 0 Å². The highest BCUT2D eigenvalue weighted by molar-refractivity contribution is 4.81. The van der Waals surface area contributed by atoms with Crippen LogP contribution in [0.3, 0.4) is 0 Å². The molecule has 0 aliphatic heterocycles. The Kier molecular flexibility index (Phi) is 25.3. The largest absolute Gasteiger partial charge is 0.395 e. The highest BCUT2D eigenvalue weighted by Gasteiger charge is 2.05. The molecule has 0 saturated carbocycles. The fraction of sp³-hybridized carbons (Fsp3) is 0.923. The van der Waals surface area contributed by atoms with Gasteiger partial charge in [-0.3, -0.25) is 0 Å². The molecule has 0 aromatic heterocycles. The molecule has 1 atom stereocenters. The van der Waals surface area contributed by atoms with Crippen LogP contribution in [0.15, 0.2) is 12.2 Å². The summed E-state index contributed by atoms with van der Waals surface area (Å²) in [5.41, 5.74) is 0. The van der Waals surface area contributed by atoms with Gasteiger partial charge >= 0.3 is 0 Å². The summed E-state index contributed by atoms with van der Waals surface area (Å²) in [6.07, 6.45) is 30.2. The third-order valence-electron chi connectivity index (χ3n) is 5.83. The quantitative estimate of drug-likeness (QED) is 0.119. The first-order valence-corrected chi connectivity index (χ1v) is 12.9. The highest BCUT2D eigenvalue weighted by atomic mass is 16.3. The van der Waals surface area contributed by atoms with Gasteiger partial charge in [-0.1, -0.05) is 109 Å². The predicted octanol–water partition coefficient (Wildman–Crippen LogP) is 6.92. The zero-order valence-electron chi connectivity index (χ0n) is 19.7. The van der Waals surface area contributed by atoms with Crippen LogP contribution in [0.25, 0.3) is 0 Å². The number of rotatable bonds is 24. The molecule has 0 amide bonds. The molecule has 0 aromatic carbocycles. The summed E-state index contributed by atoms with van der Waals surface area (Å²) in [6, 6.07) is 0.160. The molecule has 3 nitrogen and oxygen atoms in total. The van der Waals surface area contributed by atoms with E-state index in [1.165, 1.54) is 116 Å². The normalized spacial score (nSPS) is 12.8. The lowest BCUT2D eigenvalue weighted by atomic mass is 10.0. The van der Waals surface area contributed by atoms with Crippen LogP contribution < -0.4 is 5.32 Å². The maximum atomic E-state index is 9.26. The van der Waals surface area contributed by atoms with Gasteiger partial charge in [0.05, 0.1) is 13.2 Å². The van der Waals surface area contributed by atoms with Crippen LogP contribution in [0.5, 0.6) is 0 Å². The molecule has 3 heteroatoms. The van der Waals surface area contributed by atoms with Crippen molar-refractivity contribution in [2.75, 3.05) is 19.8 Å². The number of aliphatic hydroxyl groups is 2. The summed E-state index contributed by atoms with van der Waals surface area (Å²) in [4.78, 5) is 0. The lowest BCUT2D eigenvalue weighted by molar-refractivity contribution is 0.217. The minimum absolute atomic E-state index is 0.145. The van der Waals surface area contributed by atoms with Crippen molar-refractivity contribution in [2.24, 2.45) is 0 Å². The first kappa shape index (κ1) is 28.6. The molecule has 0 radical (unpaired) electrons. The first-order chi connectivity index (χ1) is 14.3. The summed E-state index contributed by atoms with van der Waals surface area (Å²) in [5, 5.41) is 21.2. The van der Waals surface area contributed by atoms with E-state index in [9.17, 15) is 5.11 Å². The van der Waals surface area contributed by atoms with E-state index < -0.39 is 0 Å². The summed E-state index contributed by atoms with van der Waals surface area (Å²) in [5.74, 6) is 0. The van der Waals surface area contributed by atoms with Crippen molar-refractivity contribution in [3.63, 3.8) is 0 Å². The molecule has 0 fully saturated rings. The Morgan fingerprint density at radius 1 is 0.621 bits per heavy atom. The van der Waals surface area contributed by atoms with Gasteiger partial charge in [-0.05, 0) is 32.1 Å². The molecular formula is C26H53NO2. The van der Waals surface area contributed by atoms with Crippen molar-refractivity contribution >= 4 is 0 Å². The van der Waals surface area contributed by atoms with E-state index in [1.54, 1.807) is 0 Å². The van der Waals surface area contributed by atoms with Gasteiger partial charge < -0.3 is 15.5 Å². The number of allylic oxidation sites excluding steroid dienone is 2. The lowest BCUT2D eigenvalue weighted by Crippen LogP contribution is -2.34. The highest BCUT2D eigenvalue weighted by Crippen LogP contribution is 2.13. The first-order valence-electron chi connectivity index (χ1n) is 12.9. The van der Waals surface area contributed by atoms with Crippen LogP contribution in [0.1, 0.15) is 129 Å². The molecule has 0 aromatic rings. The zero-order valence-corrected chi connectivity index (χ0v) is 19.7. The average molecular weight is 412 g/mol. The van der Waals surface area contributed by atoms with Gasteiger partial charge in [0.2, 0.25) is 0 Å². The van der Waals surface area contributed by atoms with Gasteiger partial charge in [0.1, 0.15) is 0 Å².